The number of aromatic nitrogens is 4. The van der Waals surface area contributed by atoms with Crippen LogP contribution in [0.25, 0.3) is 0 Å². The molecule has 2 aromatic carbocycles. The summed E-state index contributed by atoms with van der Waals surface area (Å²) in [5.41, 5.74) is 0.795. The van der Waals surface area contributed by atoms with Gasteiger partial charge in [-0.25, -0.2) is 14.8 Å². The molecule has 216 valence electrons. The summed E-state index contributed by atoms with van der Waals surface area (Å²) < 4.78 is 76.3. The van der Waals surface area contributed by atoms with Gasteiger partial charge in [0.2, 0.25) is 5.95 Å². The fourth-order valence-electron chi connectivity index (χ4n) is 3.06. The smallest absolute Gasteiger partial charge is 0.475 e. The molecule has 2 aromatic heterocycles. The van der Waals surface area contributed by atoms with Crippen molar-refractivity contribution in [2.24, 2.45) is 0 Å². The fourth-order valence-corrected chi connectivity index (χ4v) is 3.29. The lowest BCUT2D eigenvalue weighted by molar-refractivity contribution is -0.192. The Hall–Kier alpha value is -4.66. The molecule has 3 N–H and O–H groups in total. The van der Waals surface area contributed by atoms with Crippen LogP contribution in [0.5, 0.6) is 11.5 Å². The summed E-state index contributed by atoms with van der Waals surface area (Å²) in [6.07, 6.45) is -3.03. The van der Waals surface area contributed by atoms with Crippen LogP contribution < -0.4 is 15.6 Å². The molecule has 0 bridgehead atoms. The van der Waals surface area contributed by atoms with Crippen molar-refractivity contribution in [1.29, 1.82) is 0 Å². The number of carboxylic acids is 1. The molecule has 41 heavy (non-hydrogen) atoms. The topological polar surface area (TPSA) is 130 Å². The van der Waals surface area contributed by atoms with Gasteiger partial charge in [0, 0.05) is 37.1 Å². The quantitative estimate of drug-likeness (QED) is 0.225. The van der Waals surface area contributed by atoms with E-state index in [2.05, 4.69) is 25.3 Å². The third-order valence-corrected chi connectivity index (χ3v) is 5.31. The molecule has 0 aliphatic rings. The monoisotopic (exact) mass is 601 g/mol. The first-order chi connectivity index (χ1) is 19.2. The number of carboxylic acid groups (broad SMARTS) is 1. The van der Waals surface area contributed by atoms with Crippen LogP contribution in [0.3, 0.4) is 0 Å². The predicted molar refractivity (Wildman–Crippen MR) is 134 cm³/mol. The fraction of sp³-hybridized carbons (Fsp3) is 0.160. The first-order valence-electron chi connectivity index (χ1n) is 11.2. The van der Waals surface area contributed by atoms with Gasteiger partial charge in [0.15, 0.2) is 0 Å². The van der Waals surface area contributed by atoms with Crippen molar-refractivity contribution in [2.75, 3.05) is 5.32 Å². The number of aromatic amines is 1. The number of nitrogens with zero attached hydrogens (tertiary/aromatic N) is 3. The number of rotatable bonds is 7. The zero-order chi connectivity index (χ0) is 30.2. The Labute approximate surface area is 231 Å². The van der Waals surface area contributed by atoms with Gasteiger partial charge in [0.05, 0.1) is 10.6 Å². The van der Waals surface area contributed by atoms with Crippen LogP contribution in [0.1, 0.15) is 22.3 Å². The second-order valence-electron chi connectivity index (χ2n) is 8.04. The summed E-state index contributed by atoms with van der Waals surface area (Å²) in [6, 6.07) is 10.1. The SMILES string of the molecule is O=C(O)C(F)(F)F.O=c1nc(NCc2ccc(Oc3ccc(Cl)c(C(F)(F)F)c3)cc2)[nH]cc1Cc1cncnc1. The van der Waals surface area contributed by atoms with Crippen molar-refractivity contribution in [1.82, 2.24) is 19.9 Å². The second kappa shape index (κ2) is 13.1. The van der Waals surface area contributed by atoms with Crippen molar-refractivity contribution < 1.29 is 41.0 Å². The molecule has 0 amide bonds. The van der Waals surface area contributed by atoms with Crippen molar-refractivity contribution in [3.63, 3.8) is 0 Å². The number of H-pyrrole nitrogens is 1. The minimum atomic E-state index is -5.08. The van der Waals surface area contributed by atoms with E-state index in [1.54, 1.807) is 42.9 Å². The van der Waals surface area contributed by atoms with Gasteiger partial charge in [-0.15, -0.1) is 0 Å². The summed E-state index contributed by atoms with van der Waals surface area (Å²) in [6.45, 7) is 0.355. The molecular formula is C25H18ClF6N5O4. The molecule has 16 heteroatoms. The number of hydrogen-bond donors (Lipinski definition) is 3. The Morgan fingerprint density at radius 1 is 0.976 bits per heavy atom. The molecular weight excluding hydrogens is 584 g/mol. The van der Waals surface area contributed by atoms with Crippen molar-refractivity contribution >= 4 is 23.5 Å². The average Bonchev–Trinajstić information content (AvgIpc) is 2.90. The highest BCUT2D eigenvalue weighted by molar-refractivity contribution is 6.31. The molecule has 2 heterocycles. The van der Waals surface area contributed by atoms with Gasteiger partial charge in [0.25, 0.3) is 5.56 Å². The number of ether oxygens (including phenoxy) is 1. The molecule has 9 nitrogen and oxygen atoms in total. The van der Waals surface area contributed by atoms with Crippen molar-refractivity contribution in [3.05, 3.63) is 105 Å². The lowest BCUT2D eigenvalue weighted by Crippen LogP contribution is -2.21. The highest BCUT2D eigenvalue weighted by Crippen LogP contribution is 2.37. The number of carbonyl (C=O) groups is 1. The predicted octanol–water partition coefficient (Wildman–Crippen LogP) is 5.86. The number of hydrogen-bond acceptors (Lipinski definition) is 7. The van der Waals surface area contributed by atoms with Gasteiger partial charge in [-0.1, -0.05) is 23.7 Å². The molecule has 4 aromatic rings. The minimum Gasteiger partial charge on any atom is -0.475 e. The van der Waals surface area contributed by atoms with Crippen LogP contribution in [0.4, 0.5) is 32.3 Å². The number of anilines is 1. The molecule has 0 radical (unpaired) electrons. The largest absolute Gasteiger partial charge is 0.490 e. The Bertz CT molecular complexity index is 1530. The number of alkyl halides is 6. The van der Waals surface area contributed by atoms with Crippen LogP contribution in [-0.4, -0.2) is 37.2 Å². The van der Waals surface area contributed by atoms with Crippen molar-refractivity contribution in [3.8, 4) is 11.5 Å². The maximum Gasteiger partial charge on any atom is 0.490 e. The molecule has 0 saturated heterocycles. The Morgan fingerprint density at radius 3 is 2.15 bits per heavy atom. The van der Waals surface area contributed by atoms with Crippen LogP contribution in [0.15, 0.2) is 72.2 Å². The lowest BCUT2D eigenvalue weighted by atomic mass is 10.1. The minimum absolute atomic E-state index is 0.0199. The first-order valence-corrected chi connectivity index (χ1v) is 11.6. The third kappa shape index (κ3) is 9.49. The van der Waals surface area contributed by atoms with Gasteiger partial charge < -0.3 is 20.1 Å². The van der Waals surface area contributed by atoms with Crippen LogP contribution >= 0.6 is 11.6 Å². The third-order valence-electron chi connectivity index (χ3n) is 4.98. The normalized spacial score (nSPS) is 11.3. The van der Waals surface area contributed by atoms with E-state index in [1.807, 2.05) is 0 Å². The molecule has 0 fully saturated rings. The molecule has 0 aliphatic heterocycles. The van der Waals surface area contributed by atoms with Gasteiger partial charge in [-0.05, 0) is 41.5 Å². The van der Waals surface area contributed by atoms with Crippen LogP contribution in [0.2, 0.25) is 5.02 Å². The number of aliphatic carboxylic acids is 1. The molecule has 0 spiro atoms. The standard InChI is InChI=1S/C23H17ClF3N5O2.C2HF3O2/c24-20-6-5-18(8-19(20)23(25,26)27)34-17-3-1-14(2-4-17)11-30-22-31-12-16(21(33)32-22)7-15-9-28-13-29-10-15;3-2(4,5)1(6)7/h1-6,8-10,12-13H,7,11H2,(H2,30,31,32,33);(H,6,7). The van der Waals surface area contributed by atoms with Crippen LogP contribution in [0, 0.1) is 0 Å². The molecule has 0 atom stereocenters. The maximum absolute atomic E-state index is 13.0. The summed E-state index contributed by atoms with van der Waals surface area (Å²) in [5.74, 6) is -2.07. The number of benzene rings is 2. The van der Waals surface area contributed by atoms with Crippen LogP contribution in [-0.2, 0) is 23.9 Å². The molecule has 0 saturated carbocycles. The van der Waals surface area contributed by atoms with E-state index in [4.69, 9.17) is 26.2 Å². The summed E-state index contributed by atoms with van der Waals surface area (Å²) >= 11 is 5.63. The van der Waals surface area contributed by atoms with Gasteiger partial charge >= 0.3 is 18.3 Å². The second-order valence-corrected chi connectivity index (χ2v) is 8.45. The van der Waals surface area contributed by atoms with E-state index < -0.39 is 28.9 Å². The van der Waals surface area contributed by atoms with Gasteiger partial charge in [-0.3, -0.25) is 4.79 Å². The van der Waals surface area contributed by atoms with Gasteiger partial charge in [0.1, 0.15) is 17.8 Å². The summed E-state index contributed by atoms with van der Waals surface area (Å²) in [4.78, 5) is 36.0. The van der Waals surface area contributed by atoms with Crippen molar-refractivity contribution in [2.45, 2.75) is 25.3 Å². The number of nitrogens with one attached hydrogen (secondary N) is 2. The highest BCUT2D eigenvalue weighted by atomic mass is 35.5. The molecule has 0 aliphatic carbocycles. The zero-order valence-corrected chi connectivity index (χ0v) is 21.2. The van der Waals surface area contributed by atoms with E-state index >= 15 is 0 Å². The lowest BCUT2D eigenvalue weighted by Gasteiger charge is -2.12. The number of halogens is 7. The molecule has 4 rings (SSSR count). The summed E-state index contributed by atoms with van der Waals surface area (Å²) in [5, 5.41) is 9.75. The van der Waals surface area contributed by atoms with Gasteiger partial charge in [-0.2, -0.15) is 31.3 Å². The van der Waals surface area contributed by atoms with E-state index in [9.17, 15) is 31.1 Å². The zero-order valence-electron chi connectivity index (χ0n) is 20.4. The summed E-state index contributed by atoms with van der Waals surface area (Å²) in [7, 11) is 0. The first kappa shape index (κ1) is 30.9. The maximum atomic E-state index is 13.0. The van der Waals surface area contributed by atoms with E-state index in [0.29, 0.717) is 30.2 Å². The molecule has 0 unspecified atom stereocenters. The van der Waals surface area contributed by atoms with E-state index in [-0.39, 0.29) is 11.3 Å². The van der Waals surface area contributed by atoms with E-state index in [1.165, 1.54) is 12.4 Å². The van der Waals surface area contributed by atoms with E-state index in [0.717, 1.165) is 23.3 Å². The Kier molecular flexibility index (Phi) is 9.89. The Balaban J connectivity index is 0.000000587. The highest BCUT2D eigenvalue weighted by Gasteiger charge is 2.38. The average molecular weight is 602 g/mol. The Morgan fingerprint density at radius 2 is 1.59 bits per heavy atom.